The third-order valence-corrected chi connectivity index (χ3v) is 5.06. The molecule has 7 heteroatoms. The summed E-state index contributed by atoms with van der Waals surface area (Å²) in [6.45, 7) is 7.06. The van der Waals surface area contributed by atoms with E-state index in [1.165, 1.54) is 0 Å². The normalized spacial score (nSPS) is 16.1. The molecule has 2 aromatic carbocycles. The lowest BCUT2D eigenvalue weighted by atomic mass is 10.1. The molecule has 166 valence electrons. The highest BCUT2D eigenvalue weighted by atomic mass is 16.5. The number of benzene rings is 2. The van der Waals surface area contributed by atoms with Gasteiger partial charge in [-0.1, -0.05) is 29.8 Å². The van der Waals surface area contributed by atoms with Crippen LogP contribution in [-0.2, 0) is 11.3 Å². The Morgan fingerprint density at radius 3 is 2.65 bits per heavy atom. The van der Waals surface area contributed by atoms with E-state index in [2.05, 4.69) is 46.1 Å². The molecule has 2 aromatic rings. The van der Waals surface area contributed by atoms with E-state index in [1.54, 1.807) is 7.05 Å². The van der Waals surface area contributed by atoms with Crippen LogP contribution in [0.4, 0.5) is 0 Å². The molecule has 0 bridgehead atoms. The summed E-state index contributed by atoms with van der Waals surface area (Å²) in [5.74, 6) is 1.47. The molecule has 0 saturated carbocycles. The first-order chi connectivity index (χ1) is 15.0. The van der Waals surface area contributed by atoms with Crippen molar-refractivity contribution < 1.29 is 14.3 Å². The molecule has 0 aromatic heterocycles. The second-order valence-corrected chi connectivity index (χ2v) is 7.69. The van der Waals surface area contributed by atoms with E-state index < -0.39 is 0 Å². The topological polar surface area (TPSA) is 84.0 Å². The first kappa shape index (κ1) is 22.6. The fourth-order valence-corrected chi connectivity index (χ4v) is 3.35. The number of nitrogens with one attached hydrogen (secondary N) is 3. The van der Waals surface area contributed by atoms with Crippen LogP contribution in [-0.4, -0.2) is 51.3 Å². The molecule has 0 spiro atoms. The highest BCUT2D eigenvalue weighted by molar-refractivity contribution is 5.94. The van der Waals surface area contributed by atoms with Crippen LogP contribution in [0.1, 0.15) is 33.5 Å². The number of aryl methyl sites for hydroxylation is 2. The van der Waals surface area contributed by atoms with Crippen molar-refractivity contribution in [2.24, 2.45) is 4.99 Å². The van der Waals surface area contributed by atoms with Gasteiger partial charge in [0.05, 0.1) is 13.2 Å². The number of hydrogen-bond donors (Lipinski definition) is 3. The van der Waals surface area contributed by atoms with Gasteiger partial charge >= 0.3 is 0 Å². The largest absolute Gasteiger partial charge is 0.488 e. The van der Waals surface area contributed by atoms with E-state index in [0.29, 0.717) is 37.8 Å². The summed E-state index contributed by atoms with van der Waals surface area (Å²) in [7, 11) is 1.73. The molecule has 0 radical (unpaired) electrons. The molecule has 7 nitrogen and oxygen atoms in total. The molecule has 1 fully saturated rings. The third kappa shape index (κ3) is 7.00. The van der Waals surface area contributed by atoms with Gasteiger partial charge in [0.15, 0.2) is 5.96 Å². The summed E-state index contributed by atoms with van der Waals surface area (Å²) >= 11 is 0. The predicted molar refractivity (Wildman–Crippen MR) is 123 cm³/mol. The molecule has 1 unspecified atom stereocenters. The number of rotatable bonds is 8. The first-order valence-corrected chi connectivity index (χ1v) is 10.7. The Bertz CT molecular complexity index is 907. The Balaban J connectivity index is 1.45. The number of ether oxygens (including phenoxy) is 2. The molecule has 1 aliphatic heterocycles. The maximum Gasteiger partial charge on any atom is 0.251 e. The summed E-state index contributed by atoms with van der Waals surface area (Å²) in [5, 5.41) is 9.46. The van der Waals surface area contributed by atoms with Gasteiger partial charge in [-0.3, -0.25) is 9.79 Å². The molecule has 3 rings (SSSR count). The van der Waals surface area contributed by atoms with Gasteiger partial charge in [0, 0.05) is 44.2 Å². The fourth-order valence-electron chi connectivity index (χ4n) is 3.35. The van der Waals surface area contributed by atoms with Crippen LogP contribution in [0.5, 0.6) is 5.75 Å². The lowest BCUT2D eigenvalue weighted by Crippen LogP contribution is -2.41. The average Bonchev–Trinajstić information content (AvgIpc) is 3.27. The zero-order valence-corrected chi connectivity index (χ0v) is 18.5. The minimum absolute atomic E-state index is 0.0780. The van der Waals surface area contributed by atoms with Crippen molar-refractivity contribution in [2.45, 2.75) is 32.9 Å². The van der Waals surface area contributed by atoms with E-state index >= 15 is 0 Å². The standard InChI is InChI=1S/C24H32N4O3/c1-17-5-4-6-19(13-17)23(29)26-10-11-27-24(25-3)28-15-20-8-7-18(2)14-22(20)31-21-9-12-30-16-21/h4-8,13-14,21H,9-12,15-16H2,1-3H3,(H,26,29)(H2,25,27,28). The minimum atomic E-state index is -0.0780. The van der Waals surface area contributed by atoms with Crippen molar-refractivity contribution in [1.29, 1.82) is 0 Å². The molecule has 1 atom stereocenters. The SMILES string of the molecule is CN=C(NCCNC(=O)c1cccc(C)c1)NCc1ccc(C)cc1OC1CCOC1. The molecule has 1 aliphatic rings. The summed E-state index contributed by atoms with van der Waals surface area (Å²) in [6, 6.07) is 13.8. The Labute approximate surface area is 184 Å². The van der Waals surface area contributed by atoms with Crippen molar-refractivity contribution in [1.82, 2.24) is 16.0 Å². The van der Waals surface area contributed by atoms with Crippen molar-refractivity contribution in [3.63, 3.8) is 0 Å². The summed E-state index contributed by atoms with van der Waals surface area (Å²) in [5.41, 5.74) is 3.95. The molecule has 1 amide bonds. The lowest BCUT2D eigenvalue weighted by molar-refractivity contribution is 0.0954. The van der Waals surface area contributed by atoms with Gasteiger partial charge in [0.1, 0.15) is 11.9 Å². The third-order valence-electron chi connectivity index (χ3n) is 5.06. The monoisotopic (exact) mass is 424 g/mol. The number of carbonyl (C=O) groups excluding carboxylic acids is 1. The summed E-state index contributed by atoms with van der Waals surface area (Å²) < 4.78 is 11.6. The summed E-state index contributed by atoms with van der Waals surface area (Å²) in [6.07, 6.45) is 1.02. The van der Waals surface area contributed by atoms with Gasteiger partial charge < -0.3 is 25.4 Å². The molecule has 0 aliphatic carbocycles. The Kier molecular flexibility index (Phi) is 8.29. The number of hydrogen-bond acceptors (Lipinski definition) is 4. The fraction of sp³-hybridized carbons (Fsp3) is 0.417. The van der Waals surface area contributed by atoms with E-state index in [-0.39, 0.29) is 12.0 Å². The van der Waals surface area contributed by atoms with E-state index in [9.17, 15) is 4.79 Å². The Morgan fingerprint density at radius 2 is 1.90 bits per heavy atom. The first-order valence-electron chi connectivity index (χ1n) is 10.7. The van der Waals surface area contributed by atoms with Crippen LogP contribution >= 0.6 is 0 Å². The second-order valence-electron chi connectivity index (χ2n) is 7.69. The smallest absolute Gasteiger partial charge is 0.251 e. The number of amides is 1. The van der Waals surface area contributed by atoms with Crippen molar-refractivity contribution in [2.75, 3.05) is 33.4 Å². The van der Waals surface area contributed by atoms with Crippen molar-refractivity contribution >= 4 is 11.9 Å². The van der Waals surface area contributed by atoms with Crippen LogP contribution in [0, 0.1) is 13.8 Å². The van der Waals surface area contributed by atoms with Crippen LogP contribution in [0.15, 0.2) is 47.5 Å². The zero-order valence-electron chi connectivity index (χ0n) is 18.5. The van der Waals surface area contributed by atoms with Gasteiger partial charge in [0.25, 0.3) is 5.91 Å². The van der Waals surface area contributed by atoms with Crippen LogP contribution in [0.25, 0.3) is 0 Å². The van der Waals surface area contributed by atoms with Crippen LogP contribution in [0.3, 0.4) is 0 Å². The molecule has 1 saturated heterocycles. The molecular formula is C24H32N4O3. The quantitative estimate of drug-likeness (QED) is 0.345. The van der Waals surface area contributed by atoms with Gasteiger partial charge in [-0.05, 0) is 37.6 Å². The average molecular weight is 425 g/mol. The van der Waals surface area contributed by atoms with Crippen LogP contribution < -0.4 is 20.7 Å². The Hall–Kier alpha value is -3.06. The van der Waals surface area contributed by atoms with E-state index in [1.807, 2.05) is 31.2 Å². The van der Waals surface area contributed by atoms with Crippen LogP contribution in [0.2, 0.25) is 0 Å². The molecular weight excluding hydrogens is 392 g/mol. The number of guanidine groups is 1. The van der Waals surface area contributed by atoms with Gasteiger partial charge in [-0.15, -0.1) is 0 Å². The number of aliphatic imine (C=N–C) groups is 1. The van der Waals surface area contributed by atoms with E-state index in [4.69, 9.17) is 9.47 Å². The maximum atomic E-state index is 12.2. The van der Waals surface area contributed by atoms with Crippen molar-refractivity contribution in [3.8, 4) is 5.75 Å². The highest BCUT2D eigenvalue weighted by Crippen LogP contribution is 2.23. The second kappa shape index (κ2) is 11.4. The highest BCUT2D eigenvalue weighted by Gasteiger charge is 2.18. The number of nitrogens with zero attached hydrogens (tertiary/aromatic N) is 1. The molecule has 3 N–H and O–H groups in total. The van der Waals surface area contributed by atoms with E-state index in [0.717, 1.165) is 35.5 Å². The van der Waals surface area contributed by atoms with Crippen molar-refractivity contribution in [3.05, 3.63) is 64.7 Å². The molecule has 1 heterocycles. The minimum Gasteiger partial charge on any atom is -0.488 e. The molecule has 31 heavy (non-hydrogen) atoms. The van der Waals surface area contributed by atoms with Gasteiger partial charge in [0.2, 0.25) is 0 Å². The zero-order chi connectivity index (χ0) is 22.1. The Morgan fingerprint density at radius 1 is 1.10 bits per heavy atom. The number of carbonyl (C=O) groups is 1. The predicted octanol–water partition coefficient (Wildman–Crippen LogP) is 2.57. The lowest BCUT2D eigenvalue weighted by Gasteiger charge is -2.18. The van der Waals surface area contributed by atoms with Gasteiger partial charge in [-0.2, -0.15) is 0 Å². The summed E-state index contributed by atoms with van der Waals surface area (Å²) in [4.78, 5) is 16.5. The van der Waals surface area contributed by atoms with Gasteiger partial charge in [-0.25, -0.2) is 0 Å². The maximum absolute atomic E-state index is 12.2.